The molecule has 2 bridgehead atoms. The van der Waals surface area contributed by atoms with E-state index in [1.165, 1.54) is 5.69 Å². The van der Waals surface area contributed by atoms with Crippen molar-refractivity contribution in [3.8, 4) is 17.2 Å². The Morgan fingerprint density at radius 2 is 1.84 bits per heavy atom. The minimum Gasteiger partial charge on any atom is -0.493 e. The van der Waals surface area contributed by atoms with Crippen LogP contribution in [0.15, 0.2) is 24.4 Å². The number of aryl methyl sites for hydroxylation is 1. The highest BCUT2D eigenvalue weighted by molar-refractivity contribution is 5.81. The van der Waals surface area contributed by atoms with Gasteiger partial charge in [-0.1, -0.05) is 0 Å². The number of nitrogens with zero attached hydrogens (tertiary/aromatic N) is 4. The zero-order valence-electron chi connectivity index (χ0n) is 18.2. The molecular weight excluding hydrogens is 396 g/mol. The summed E-state index contributed by atoms with van der Waals surface area (Å²) in [5.74, 6) is 1.73. The summed E-state index contributed by atoms with van der Waals surface area (Å²) in [4.78, 5) is 20.1. The second-order valence-electron chi connectivity index (χ2n) is 8.18. The second-order valence-corrected chi connectivity index (χ2v) is 8.18. The standard InChI is InChI=1S/C23H26N4O4/c1-13-7-21-24-12-16-17-6-5-15(11-18(16)27(21)25-13)26(17)22(28)10-14-8-19(29-2)23(31-4)20(9-14)30-3/h7-9,12,15,17H,5-6,10-11H2,1-4H3. The van der Waals surface area contributed by atoms with Gasteiger partial charge in [0.1, 0.15) is 0 Å². The maximum absolute atomic E-state index is 13.4. The van der Waals surface area contributed by atoms with Crippen LogP contribution in [0, 0.1) is 6.92 Å². The molecule has 2 atom stereocenters. The van der Waals surface area contributed by atoms with Gasteiger partial charge in [-0.2, -0.15) is 5.10 Å². The van der Waals surface area contributed by atoms with Crippen LogP contribution in [0.5, 0.6) is 17.2 Å². The molecule has 2 aliphatic rings. The Kier molecular flexibility index (Phi) is 4.72. The van der Waals surface area contributed by atoms with Gasteiger partial charge >= 0.3 is 0 Å². The SMILES string of the molecule is COc1cc(CC(=O)N2C3CCC2c2cnc4cc(C)nn4c2C3)cc(OC)c1OC. The van der Waals surface area contributed by atoms with E-state index >= 15 is 0 Å². The van der Waals surface area contributed by atoms with E-state index in [0.717, 1.165) is 41.7 Å². The van der Waals surface area contributed by atoms with E-state index < -0.39 is 0 Å². The van der Waals surface area contributed by atoms with Crippen molar-refractivity contribution >= 4 is 11.6 Å². The van der Waals surface area contributed by atoms with Crippen molar-refractivity contribution in [3.05, 3.63) is 46.9 Å². The lowest BCUT2D eigenvalue weighted by molar-refractivity contribution is -0.134. The summed E-state index contributed by atoms with van der Waals surface area (Å²) >= 11 is 0. The first-order valence-corrected chi connectivity index (χ1v) is 10.5. The van der Waals surface area contributed by atoms with Crippen molar-refractivity contribution in [1.82, 2.24) is 19.5 Å². The Balaban J connectivity index is 1.46. The van der Waals surface area contributed by atoms with Gasteiger partial charge < -0.3 is 19.1 Å². The van der Waals surface area contributed by atoms with E-state index in [-0.39, 0.29) is 24.4 Å². The lowest BCUT2D eigenvalue weighted by atomic mass is 9.98. The van der Waals surface area contributed by atoms with Gasteiger partial charge in [0.05, 0.1) is 45.2 Å². The Labute approximate surface area is 180 Å². The van der Waals surface area contributed by atoms with Crippen molar-refractivity contribution < 1.29 is 19.0 Å². The number of aromatic nitrogens is 3. The first-order chi connectivity index (χ1) is 15.0. The Morgan fingerprint density at radius 1 is 1.10 bits per heavy atom. The highest BCUT2D eigenvalue weighted by Crippen LogP contribution is 2.44. The van der Waals surface area contributed by atoms with Crippen molar-refractivity contribution in [3.63, 3.8) is 0 Å². The molecule has 8 heteroatoms. The number of rotatable bonds is 5. The fraction of sp³-hybridized carbons (Fsp3) is 0.435. The molecule has 3 aromatic rings. The Morgan fingerprint density at radius 3 is 2.52 bits per heavy atom. The van der Waals surface area contributed by atoms with E-state index in [1.807, 2.05) is 35.8 Å². The average Bonchev–Trinajstić information content (AvgIpc) is 3.31. The molecule has 0 saturated carbocycles. The van der Waals surface area contributed by atoms with Crippen molar-refractivity contribution in [2.24, 2.45) is 0 Å². The topological polar surface area (TPSA) is 78.2 Å². The highest BCUT2D eigenvalue weighted by atomic mass is 16.5. The molecule has 0 aliphatic carbocycles. The predicted octanol–water partition coefficient (Wildman–Crippen LogP) is 2.89. The summed E-state index contributed by atoms with van der Waals surface area (Å²) in [5, 5.41) is 4.63. The molecule has 1 saturated heterocycles. The van der Waals surface area contributed by atoms with E-state index in [1.54, 1.807) is 21.3 Å². The molecule has 1 aromatic carbocycles. The van der Waals surface area contributed by atoms with Crippen LogP contribution in [-0.2, 0) is 17.6 Å². The first-order valence-electron chi connectivity index (χ1n) is 10.5. The summed E-state index contributed by atoms with van der Waals surface area (Å²) in [7, 11) is 4.73. The lowest BCUT2D eigenvalue weighted by Gasteiger charge is -2.36. The summed E-state index contributed by atoms with van der Waals surface area (Å²) in [6.45, 7) is 1.98. The maximum Gasteiger partial charge on any atom is 0.227 e. The highest BCUT2D eigenvalue weighted by Gasteiger charge is 2.43. The summed E-state index contributed by atoms with van der Waals surface area (Å²) in [6, 6.07) is 5.91. The van der Waals surface area contributed by atoms with Gasteiger partial charge in [0.15, 0.2) is 17.1 Å². The third kappa shape index (κ3) is 3.08. The van der Waals surface area contributed by atoms with Gasteiger partial charge in [0.25, 0.3) is 0 Å². The molecule has 5 rings (SSSR count). The molecule has 162 valence electrons. The maximum atomic E-state index is 13.4. The van der Waals surface area contributed by atoms with E-state index in [2.05, 4.69) is 15.0 Å². The molecular formula is C23H26N4O4. The van der Waals surface area contributed by atoms with Crippen LogP contribution in [0.4, 0.5) is 0 Å². The molecule has 2 unspecified atom stereocenters. The third-order valence-corrected chi connectivity index (χ3v) is 6.40. The predicted molar refractivity (Wildman–Crippen MR) is 114 cm³/mol. The number of ether oxygens (including phenoxy) is 3. The minimum atomic E-state index is 0.0460. The summed E-state index contributed by atoms with van der Waals surface area (Å²) in [6.07, 6.45) is 4.94. The number of hydrogen-bond donors (Lipinski definition) is 0. The van der Waals surface area contributed by atoms with E-state index in [4.69, 9.17) is 14.2 Å². The molecule has 31 heavy (non-hydrogen) atoms. The van der Waals surface area contributed by atoms with Crippen LogP contribution < -0.4 is 14.2 Å². The fourth-order valence-corrected chi connectivity index (χ4v) is 5.08. The third-order valence-electron chi connectivity index (χ3n) is 6.40. The van der Waals surface area contributed by atoms with Gasteiger partial charge in [-0.05, 0) is 37.5 Å². The molecule has 1 fully saturated rings. The van der Waals surface area contributed by atoms with Gasteiger partial charge in [-0.3, -0.25) is 4.79 Å². The van der Waals surface area contributed by atoms with Gasteiger partial charge in [-0.15, -0.1) is 0 Å². The Hall–Kier alpha value is -3.29. The number of carbonyl (C=O) groups excluding carboxylic acids is 1. The summed E-state index contributed by atoms with van der Waals surface area (Å²) in [5.41, 5.74) is 4.95. The lowest BCUT2D eigenvalue weighted by Crippen LogP contribution is -2.43. The molecule has 0 spiro atoms. The zero-order valence-corrected chi connectivity index (χ0v) is 18.2. The second kappa shape index (κ2) is 7.44. The van der Waals surface area contributed by atoms with Gasteiger partial charge in [0, 0.05) is 30.3 Å². The smallest absolute Gasteiger partial charge is 0.227 e. The monoisotopic (exact) mass is 422 g/mol. The molecule has 2 aliphatic heterocycles. The zero-order chi connectivity index (χ0) is 21.7. The number of benzene rings is 1. The van der Waals surface area contributed by atoms with Gasteiger partial charge in [-0.25, -0.2) is 9.50 Å². The minimum absolute atomic E-state index is 0.0460. The van der Waals surface area contributed by atoms with E-state index in [0.29, 0.717) is 17.2 Å². The first kappa shape index (κ1) is 19.7. The number of amides is 1. The molecule has 4 heterocycles. The van der Waals surface area contributed by atoms with Crippen LogP contribution in [-0.4, -0.2) is 52.8 Å². The molecule has 0 N–H and O–H groups in total. The Bertz CT molecular complexity index is 1150. The molecule has 1 amide bonds. The van der Waals surface area contributed by atoms with Crippen LogP contribution >= 0.6 is 0 Å². The number of fused-ring (bicyclic) bond motifs is 6. The number of carbonyl (C=O) groups is 1. The van der Waals surface area contributed by atoms with Crippen LogP contribution in [0.2, 0.25) is 0 Å². The van der Waals surface area contributed by atoms with Crippen molar-refractivity contribution in [1.29, 1.82) is 0 Å². The van der Waals surface area contributed by atoms with Crippen LogP contribution in [0.25, 0.3) is 5.65 Å². The number of hydrogen-bond acceptors (Lipinski definition) is 6. The largest absolute Gasteiger partial charge is 0.493 e. The fourth-order valence-electron chi connectivity index (χ4n) is 5.08. The van der Waals surface area contributed by atoms with Crippen molar-refractivity contribution in [2.75, 3.05) is 21.3 Å². The van der Waals surface area contributed by atoms with E-state index in [9.17, 15) is 4.79 Å². The molecule has 0 radical (unpaired) electrons. The molecule has 2 aromatic heterocycles. The van der Waals surface area contributed by atoms with Gasteiger partial charge in [0.2, 0.25) is 11.7 Å². The van der Waals surface area contributed by atoms with Crippen molar-refractivity contribution in [2.45, 2.75) is 44.7 Å². The normalized spacial score (nSPS) is 19.4. The average molecular weight is 422 g/mol. The molecule has 8 nitrogen and oxygen atoms in total. The summed E-state index contributed by atoms with van der Waals surface area (Å²) < 4.78 is 18.2. The van der Waals surface area contributed by atoms with Crippen LogP contribution in [0.1, 0.15) is 41.4 Å². The van der Waals surface area contributed by atoms with Crippen LogP contribution in [0.3, 0.4) is 0 Å². The quantitative estimate of drug-likeness (QED) is 0.629. The number of methoxy groups -OCH3 is 3.